The number of ether oxygens (including phenoxy) is 1. The van der Waals surface area contributed by atoms with Crippen molar-refractivity contribution in [2.45, 2.75) is 6.42 Å². The topological polar surface area (TPSA) is 67.4 Å². The maximum Gasteiger partial charge on any atom is 0.340 e. The van der Waals surface area contributed by atoms with Gasteiger partial charge in [-0.25, -0.2) is 9.18 Å². The monoisotopic (exact) mass is 770 g/mol. The normalized spacial score (nSPS) is 10.5. The lowest BCUT2D eigenvalue weighted by atomic mass is 10.1. The zero-order valence-electron chi connectivity index (χ0n) is 16.6. The number of nitrogens with one attached hydrogen (secondary N) is 2. The average Bonchev–Trinajstić information content (AvgIpc) is 2.76. The standard InChI is InChI=1S/C23H18FI3N2O3/c24-15-7-5-14(6-8-15)9-10-28-20-4-2-1-3-17(20)23(31)32-13-21(30)29-22-18(26)11-16(25)12-19(22)27/h1-8,11-12,28H,9-10,13H2,(H,29,30). The van der Waals surface area contributed by atoms with E-state index in [0.29, 0.717) is 29.9 Å². The van der Waals surface area contributed by atoms with Gasteiger partial charge in [0.25, 0.3) is 5.91 Å². The zero-order valence-corrected chi connectivity index (χ0v) is 23.1. The van der Waals surface area contributed by atoms with E-state index < -0.39 is 11.9 Å². The predicted molar refractivity (Wildman–Crippen MR) is 149 cm³/mol. The molecule has 0 heterocycles. The lowest BCUT2D eigenvalue weighted by Crippen LogP contribution is -2.22. The summed E-state index contributed by atoms with van der Waals surface area (Å²) in [5, 5.41) is 6.01. The van der Waals surface area contributed by atoms with Crippen LogP contribution in [0.25, 0.3) is 0 Å². The molecule has 0 saturated heterocycles. The molecule has 1 amide bonds. The lowest BCUT2D eigenvalue weighted by Gasteiger charge is -2.13. The summed E-state index contributed by atoms with van der Waals surface area (Å²) in [5.74, 6) is -1.26. The second kappa shape index (κ2) is 12.1. The number of rotatable bonds is 8. The van der Waals surface area contributed by atoms with Crippen molar-refractivity contribution in [1.29, 1.82) is 0 Å². The van der Waals surface area contributed by atoms with Gasteiger partial charge in [-0.15, -0.1) is 0 Å². The Labute approximate surface area is 226 Å². The summed E-state index contributed by atoms with van der Waals surface area (Å²) in [6, 6.07) is 17.2. The van der Waals surface area contributed by atoms with Gasteiger partial charge in [0.05, 0.1) is 11.3 Å². The number of amides is 1. The lowest BCUT2D eigenvalue weighted by molar-refractivity contribution is -0.119. The molecular weight excluding hydrogens is 752 g/mol. The first kappa shape index (κ1) is 25.1. The van der Waals surface area contributed by atoms with E-state index in [0.717, 1.165) is 16.3 Å². The largest absolute Gasteiger partial charge is 0.452 e. The van der Waals surface area contributed by atoms with Crippen molar-refractivity contribution in [3.05, 3.63) is 88.3 Å². The molecule has 0 aliphatic carbocycles. The molecule has 0 radical (unpaired) electrons. The van der Waals surface area contributed by atoms with Gasteiger partial charge >= 0.3 is 5.97 Å². The third kappa shape index (κ3) is 7.27. The number of carbonyl (C=O) groups is 2. The molecule has 0 aromatic heterocycles. The summed E-state index contributed by atoms with van der Waals surface area (Å²) in [5.41, 5.74) is 2.64. The first-order chi connectivity index (χ1) is 15.3. The number of carbonyl (C=O) groups excluding carboxylic acids is 2. The zero-order chi connectivity index (χ0) is 23.1. The number of esters is 1. The number of para-hydroxylation sites is 1. The molecule has 0 unspecified atom stereocenters. The van der Waals surface area contributed by atoms with Gasteiger partial charge in [0.2, 0.25) is 0 Å². The third-order valence-corrected chi connectivity index (χ3v) is 6.72. The molecule has 0 atom stereocenters. The molecule has 0 aliphatic rings. The highest BCUT2D eigenvalue weighted by molar-refractivity contribution is 14.1. The molecule has 3 aromatic carbocycles. The Kier molecular flexibility index (Phi) is 9.52. The highest BCUT2D eigenvalue weighted by Gasteiger charge is 2.16. The SMILES string of the molecule is O=C(COC(=O)c1ccccc1NCCc1ccc(F)cc1)Nc1c(I)cc(I)cc1I. The average molecular weight is 770 g/mol. The molecule has 9 heteroatoms. The number of halogens is 4. The first-order valence-corrected chi connectivity index (χ1v) is 12.8. The summed E-state index contributed by atoms with van der Waals surface area (Å²) < 4.78 is 21.2. The third-order valence-electron chi connectivity index (χ3n) is 4.40. The van der Waals surface area contributed by atoms with Gasteiger partial charge < -0.3 is 15.4 Å². The Morgan fingerprint density at radius 3 is 2.28 bits per heavy atom. The minimum Gasteiger partial charge on any atom is -0.452 e. The minimum absolute atomic E-state index is 0.273. The van der Waals surface area contributed by atoms with E-state index in [9.17, 15) is 14.0 Å². The fraction of sp³-hybridized carbons (Fsp3) is 0.130. The maximum atomic E-state index is 13.0. The summed E-state index contributed by atoms with van der Waals surface area (Å²) in [6.45, 7) is 0.168. The molecule has 0 bridgehead atoms. The Bertz CT molecular complexity index is 1100. The van der Waals surface area contributed by atoms with Crippen molar-refractivity contribution in [2.75, 3.05) is 23.8 Å². The van der Waals surface area contributed by atoms with Crippen molar-refractivity contribution in [3.8, 4) is 0 Å². The fourth-order valence-corrected chi connectivity index (χ4v) is 6.71. The van der Waals surface area contributed by atoms with Gasteiger partial charge in [0, 0.05) is 22.9 Å². The van der Waals surface area contributed by atoms with Crippen LogP contribution in [0.3, 0.4) is 0 Å². The molecule has 5 nitrogen and oxygen atoms in total. The smallest absolute Gasteiger partial charge is 0.340 e. The first-order valence-electron chi connectivity index (χ1n) is 9.52. The molecule has 32 heavy (non-hydrogen) atoms. The molecule has 3 rings (SSSR count). The van der Waals surface area contributed by atoms with E-state index in [1.807, 2.05) is 18.2 Å². The molecule has 2 N–H and O–H groups in total. The van der Waals surface area contributed by atoms with Crippen LogP contribution in [0.1, 0.15) is 15.9 Å². The minimum atomic E-state index is -0.586. The summed E-state index contributed by atoms with van der Waals surface area (Å²) in [7, 11) is 0. The number of hydrogen-bond donors (Lipinski definition) is 2. The van der Waals surface area contributed by atoms with E-state index >= 15 is 0 Å². The van der Waals surface area contributed by atoms with Crippen LogP contribution in [0.2, 0.25) is 0 Å². The summed E-state index contributed by atoms with van der Waals surface area (Å²) in [4.78, 5) is 24.9. The predicted octanol–water partition coefficient (Wildman–Crippen LogP) is 6.09. The van der Waals surface area contributed by atoms with Crippen molar-refractivity contribution in [2.24, 2.45) is 0 Å². The van der Waals surface area contributed by atoms with Crippen LogP contribution in [-0.2, 0) is 16.0 Å². The number of benzene rings is 3. The molecule has 0 fully saturated rings. The number of anilines is 2. The van der Waals surface area contributed by atoms with Crippen LogP contribution in [0.5, 0.6) is 0 Å². The number of hydrogen-bond acceptors (Lipinski definition) is 4. The summed E-state index contributed by atoms with van der Waals surface area (Å²) in [6.07, 6.45) is 0.666. The second-order valence-electron chi connectivity index (χ2n) is 6.72. The van der Waals surface area contributed by atoms with Gasteiger partial charge in [-0.1, -0.05) is 24.3 Å². The highest BCUT2D eigenvalue weighted by atomic mass is 127. The van der Waals surface area contributed by atoms with Crippen LogP contribution in [0.4, 0.5) is 15.8 Å². The van der Waals surface area contributed by atoms with Crippen LogP contribution in [0, 0.1) is 16.5 Å². The molecular formula is C23H18FI3N2O3. The Balaban J connectivity index is 1.56. The molecule has 0 saturated carbocycles. The van der Waals surface area contributed by atoms with E-state index in [4.69, 9.17) is 4.74 Å². The second-order valence-corrected chi connectivity index (χ2v) is 10.3. The van der Waals surface area contributed by atoms with Gasteiger partial charge in [0.1, 0.15) is 5.82 Å². The Hall–Kier alpha value is -1.48. The van der Waals surface area contributed by atoms with Crippen molar-refractivity contribution >= 4 is 91.0 Å². The van der Waals surface area contributed by atoms with Gasteiger partial charge in [-0.05, 0) is 116 Å². The van der Waals surface area contributed by atoms with Crippen molar-refractivity contribution in [3.63, 3.8) is 0 Å². The van der Waals surface area contributed by atoms with Crippen LogP contribution in [-0.4, -0.2) is 25.0 Å². The molecule has 3 aromatic rings. The van der Waals surface area contributed by atoms with E-state index in [2.05, 4.69) is 78.4 Å². The van der Waals surface area contributed by atoms with Gasteiger partial charge in [0.15, 0.2) is 6.61 Å². The van der Waals surface area contributed by atoms with E-state index in [1.165, 1.54) is 12.1 Å². The van der Waals surface area contributed by atoms with Gasteiger partial charge in [-0.2, -0.15) is 0 Å². The fourth-order valence-electron chi connectivity index (χ4n) is 2.85. The van der Waals surface area contributed by atoms with Crippen LogP contribution < -0.4 is 10.6 Å². The quantitative estimate of drug-likeness (QED) is 0.215. The van der Waals surface area contributed by atoms with Crippen molar-refractivity contribution in [1.82, 2.24) is 0 Å². The Morgan fingerprint density at radius 1 is 0.938 bits per heavy atom. The molecule has 166 valence electrons. The highest BCUT2D eigenvalue weighted by Crippen LogP contribution is 2.27. The molecule has 0 spiro atoms. The summed E-state index contributed by atoms with van der Waals surface area (Å²) >= 11 is 6.54. The Morgan fingerprint density at radius 2 is 1.59 bits per heavy atom. The van der Waals surface area contributed by atoms with Crippen molar-refractivity contribution < 1.29 is 18.7 Å². The van der Waals surface area contributed by atoms with E-state index in [1.54, 1.807) is 30.3 Å². The molecule has 0 aliphatic heterocycles. The van der Waals surface area contributed by atoms with Gasteiger partial charge in [-0.3, -0.25) is 4.79 Å². The van der Waals surface area contributed by atoms with Crippen LogP contribution >= 0.6 is 67.8 Å². The maximum absolute atomic E-state index is 13.0. The van der Waals surface area contributed by atoms with E-state index in [-0.39, 0.29) is 12.4 Å². The van der Waals surface area contributed by atoms with Crippen LogP contribution in [0.15, 0.2) is 60.7 Å².